The first kappa shape index (κ1) is 18.5. The first-order valence-corrected chi connectivity index (χ1v) is 7.45. The van der Waals surface area contributed by atoms with Crippen LogP contribution in [0.1, 0.15) is 18.4 Å². The van der Waals surface area contributed by atoms with Gasteiger partial charge in [-0.3, -0.25) is 4.90 Å². The van der Waals surface area contributed by atoms with Crippen LogP contribution in [0.4, 0.5) is 0 Å². The van der Waals surface area contributed by atoms with E-state index < -0.39 is 0 Å². The molecule has 0 aromatic heterocycles. The van der Waals surface area contributed by atoms with Crippen LogP contribution >= 0.6 is 24.0 Å². The van der Waals surface area contributed by atoms with Crippen molar-refractivity contribution in [1.82, 2.24) is 4.90 Å². The Balaban J connectivity index is 0.00000220. The molecule has 0 aliphatic carbocycles. The molecule has 21 heavy (non-hydrogen) atoms. The number of likely N-dealkylation sites (tertiary alicyclic amines) is 1. The minimum Gasteiger partial charge on any atom is -0.490 e. The van der Waals surface area contributed by atoms with Gasteiger partial charge in [-0.2, -0.15) is 0 Å². The maximum absolute atomic E-state index is 6.24. The maximum Gasteiger partial charge on any atom is 0.138 e. The summed E-state index contributed by atoms with van der Waals surface area (Å²) in [4.78, 5) is 2.42. The van der Waals surface area contributed by atoms with Gasteiger partial charge in [0.25, 0.3) is 0 Å². The Bertz CT molecular complexity index is 424. The Morgan fingerprint density at radius 1 is 1.29 bits per heavy atom. The highest BCUT2D eigenvalue weighted by Crippen LogP contribution is 2.26. The molecule has 0 radical (unpaired) electrons. The fourth-order valence-electron chi connectivity index (χ4n) is 2.36. The molecule has 2 N–H and O–H groups in total. The summed E-state index contributed by atoms with van der Waals surface area (Å²) in [7, 11) is 1.65. The van der Waals surface area contributed by atoms with E-state index in [4.69, 9.17) is 26.8 Å². The van der Waals surface area contributed by atoms with E-state index in [1.807, 2.05) is 12.1 Å². The van der Waals surface area contributed by atoms with Crippen LogP contribution in [0.2, 0.25) is 5.02 Å². The van der Waals surface area contributed by atoms with Crippen molar-refractivity contribution in [3.05, 3.63) is 28.8 Å². The van der Waals surface area contributed by atoms with E-state index in [1.54, 1.807) is 7.11 Å². The van der Waals surface area contributed by atoms with Crippen molar-refractivity contribution in [2.45, 2.75) is 25.4 Å². The van der Waals surface area contributed by atoms with Gasteiger partial charge in [-0.25, -0.2) is 0 Å². The molecule has 1 saturated heterocycles. The van der Waals surface area contributed by atoms with Crippen molar-refractivity contribution in [2.75, 3.05) is 33.4 Å². The molecule has 1 aliphatic rings. The first-order valence-electron chi connectivity index (χ1n) is 7.07. The number of methoxy groups -OCH3 is 1. The molecule has 120 valence electrons. The third-order valence-electron chi connectivity index (χ3n) is 3.58. The van der Waals surface area contributed by atoms with Crippen molar-refractivity contribution < 1.29 is 9.47 Å². The summed E-state index contributed by atoms with van der Waals surface area (Å²) in [6.45, 7) is 4.12. The lowest BCUT2D eigenvalue weighted by molar-refractivity contribution is 0.146. The normalized spacial score (nSPS) is 16.5. The van der Waals surface area contributed by atoms with Crippen molar-refractivity contribution in [2.24, 2.45) is 5.73 Å². The number of ether oxygens (including phenoxy) is 2. The van der Waals surface area contributed by atoms with Gasteiger partial charge in [0.15, 0.2) is 0 Å². The fourth-order valence-corrected chi connectivity index (χ4v) is 2.62. The highest BCUT2D eigenvalue weighted by atomic mass is 35.5. The molecule has 0 spiro atoms. The van der Waals surface area contributed by atoms with Gasteiger partial charge in [-0.1, -0.05) is 17.7 Å². The highest BCUT2D eigenvalue weighted by Gasteiger charge is 2.16. The van der Waals surface area contributed by atoms with Gasteiger partial charge in [0, 0.05) is 19.7 Å². The number of hydrogen-bond donors (Lipinski definition) is 1. The zero-order valence-corrected chi connectivity index (χ0v) is 14.0. The number of rotatable bonds is 6. The van der Waals surface area contributed by atoms with Crippen LogP contribution in [0.5, 0.6) is 5.75 Å². The number of benzene rings is 1. The molecule has 1 aromatic carbocycles. The minimum absolute atomic E-state index is 0. The van der Waals surface area contributed by atoms with E-state index >= 15 is 0 Å². The average molecular weight is 335 g/mol. The summed E-state index contributed by atoms with van der Waals surface area (Å²) < 4.78 is 10.5. The highest BCUT2D eigenvalue weighted by molar-refractivity contribution is 6.32. The van der Waals surface area contributed by atoms with Gasteiger partial charge >= 0.3 is 0 Å². The topological polar surface area (TPSA) is 47.7 Å². The summed E-state index contributed by atoms with van der Waals surface area (Å²) >= 11 is 6.24. The van der Waals surface area contributed by atoms with Crippen LogP contribution in [0.25, 0.3) is 0 Å². The van der Waals surface area contributed by atoms with Crippen molar-refractivity contribution in [1.29, 1.82) is 0 Å². The van der Waals surface area contributed by atoms with Gasteiger partial charge in [0.1, 0.15) is 12.4 Å². The number of halogens is 2. The van der Waals surface area contributed by atoms with E-state index in [1.165, 1.54) is 5.56 Å². The summed E-state index contributed by atoms with van der Waals surface area (Å²) in [5.41, 5.74) is 7.13. The summed E-state index contributed by atoms with van der Waals surface area (Å²) in [6.07, 6.45) is 2.15. The third-order valence-corrected chi connectivity index (χ3v) is 3.88. The zero-order valence-electron chi connectivity index (χ0n) is 12.4. The Morgan fingerprint density at radius 3 is 2.62 bits per heavy atom. The Kier molecular flexibility index (Phi) is 8.37. The lowest BCUT2D eigenvalue weighted by Gasteiger charge is -2.30. The molecule has 2 rings (SSSR count). The summed E-state index contributed by atoms with van der Waals surface area (Å²) in [6, 6.07) is 6.36. The lowest BCUT2D eigenvalue weighted by Crippen LogP contribution is -2.39. The van der Waals surface area contributed by atoms with E-state index in [2.05, 4.69) is 11.0 Å². The van der Waals surface area contributed by atoms with Crippen LogP contribution in [0, 0.1) is 0 Å². The second kappa shape index (κ2) is 9.49. The van der Waals surface area contributed by atoms with Gasteiger partial charge in [0.05, 0.1) is 11.6 Å². The van der Waals surface area contributed by atoms with Crippen LogP contribution in [-0.4, -0.2) is 44.4 Å². The van der Waals surface area contributed by atoms with E-state index in [9.17, 15) is 0 Å². The Labute approximate surface area is 137 Å². The number of nitrogens with zero attached hydrogens (tertiary/aromatic N) is 1. The molecule has 4 nitrogen and oxygen atoms in total. The van der Waals surface area contributed by atoms with Crippen molar-refractivity contribution in [3.63, 3.8) is 0 Å². The largest absolute Gasteiger partial charge is 0.490 e. The SMILES string of the molecule is COCCOc1ccc(CN2CCC(N)CC2)cc1Cl.Cl. The Morgan fingerprint density at radius 2 is 2.00 bits per heavy atom. The second-order valence-electron chi connectivity index (χ2n) is 5.22. The lowest BCUT2D eigenvalue weighted by atomic mass is 10.1. The fraction of sp³-hybridized carbons (Fsp3) is 0.600. The quantitative estimate of drug-likeness (QED) is 0.812. The smallest absolute Gasteiger partial charge is 0.138 e. The molecule has 0 unspecified atom stereocenters. The summed E-state index contributed by atoms with van der Waals surface area (Å²) in [5, 5.41) is 0.660. The second-order valence-corrected chi connectivity index (χ2v) is 5.63. The van der Waals surface area contributed by atoms with Gasteiger partial charge in [-0.05, 0) is 43.6 Å². The third kappa shape index (κ3) is 6.01. The van der Waals surface area contributed by atoms with Crippen LogP contribution in [0.3, 0.4) is 0 Å². The number of nitrogens with two attached hydrogens (primary N) is 1. The van der Waals surface area contributed by atoms with E-state index in [0.717, 1.165) is 32.5 Å². The van der Waals surface area contributed by atoms with Crippen LogP contribution in [-0.2, 0) is 11.3 Å². The van der Waals surface area contributed by atoms with Gasteiger partial charge in [-0.15, -0.1) is 12.4 Å². The van der Waals surface area contributed by atoms with Crippen molar-refractivity contribution in [3.8, 4) is 5.75 Å². The van der Waals surface area contributed by atoms with Crippen LogP contribution < -0.4 is 10.5 Å². The molecule has 1 fully saturated rings. The monoisotopic (exact) mass is 334 g/mol. The van der Waals surface area contributed by atoms with Gasteiger partial charge in [0.2, 0.25) is 0 Å². The molecule has 0 atom stereocenters. The predicted octanol–water partition coefficient (Wildman–Crippen LogP) is 2.71. The maximum atomic E-state index is 6.24. The molecular weight excluding hydrogens is 311 g/mol. The van der Waals surface area contributed by atoms with Crippen LogP contribution in [0.15, 0.2) is 18.2 Å². The van der Waals surface area contributed by atoms with Gasteiger partial charge < -0.3 is 15.2 Å². The average Bonchev–Trinajstić information content (AvgIpc) is 2.44. The molecule has 6 heteroatoms. The Hall–Kier alpha value is -0.520. The predicted molar refractivity (Wildman–Crippen MR) is 88.6 cm³/mol. The molecule has 1 heterocycles. The molecule has 1 aromatic rings. The van der Waals surface area contributed by atoms with E-state index in [0.29, 0.717) is 30.0 Å². The van der Waals surface area contributed by atoms with E-state index in [-0.39, 0.29) is 12.4 Å². The molecular formula is C15H24Cl2N2O2. The number of hydrogen-bond acceptors (Lipinski definition) is 4. The summed E-state index contributed by atoms with van der Waals surface area (Å²) in [5.74, 6) is 0.716. The number of piperidine rings is 1. The zero-order chi connectivity index (χ0) is 14.4. The molecule has 0 bridgehead atoms. The molecule has 0 saturated carbocycles. The minimum atomic E-state index is 0. The standard InChI is InChI=1S/C15H23ClN2O2.ClH/c1-19-8-9-20-15-3-2-12(10-14(15)16)11-18-6-4-13(17)5-7-18;/h2-3,10,13H,4-9,11,17H2,1H3;1H. The van der Waals surface area contributed by atoms with Crippen molar-refractivity contribution >= 4 is 24.0 Å². The molecule has 1 aliphatic heterocycles. The molecule has 0 amide bonds. The first-order chi connectivity index (χ1) is 9.69.